The molecule has 0 bridgehead atoms. The molecule has 0 spiro atoms. The van der Waals surface area contributed by atoms with Gasteiger partial charge in [0, 0.05) is 24.8 Å². The molecule has 2 aromatic carbocycles. The number of carbonyl (C=O) groups excluding carboxylic acids is 1. The molecule has 0 aliphatic heterocycles. The third-order valence-electron chi connectivity index (χ3n) is 4.71. The Hall–Kier alpha value is -2.75. The number of amides is 1. The Morgan fingerprint density at radius 2 is 1.82 bits per heavy atom. The summed E-state index contributed by atoms with van der Waals surface area (Å²) in [5.74, 6) is 1.78. The Morgan fingerprint density at radius 1 is 1.07 bits per heavy atom. The Balaban J connectivity index is 1.32. The van der Waals surface area contributed by atoms with Crippen LogP contribution in [0.15, 0.2) is 59.0 Å². The van der Waals surface area contributed by atoms with Gasteiger partial charge in [0.05, 0.1) is 6.61 Å². The summed E-state index contributed by atoms with van der Waals surface area (Å²) in [7, 11) is 0. The highest BCUT2D eigenvalue weighted by Gasteiger charge is 2.13. The van der Waals surface area contributed by atoms with Gasteiger partial charge in [-0.2, -0.15) is 0 Å². The van der Waals surface area contributed by atoms with Gasteiger partial charge in [-0.1, -0.05) is 51.1 Å². The zero-order chi connectivity index (χ0) is 20.0. The summed E-state index contributed by atoms with van der Waals surface area (Å²) in [6.45, 7) is 7.68. The van der Waals surface area contributed by atoms with Crippen LogP contribution in [0.2, 0.25) is 0 Å². The lowest BCUT2D eigenvalue weighted by molar-refractivity contribution is -0.121. The molecule has 0 saturated carbocycles. The second-order valence-corrected chi connectivity index (χ2v) is 8.08. The largest absolute Gasteiger partial charge is 0.494 e. The maximum atomic E-state index is 12.0. The Kier molecular flexibility index (Phi) is 6.40. The number of benzene rings is 2. The average molecular weight is 380 g/mol. The summed E-state index contributed by atoms with van der Waals surface area (Å²) in [6.07, 6.45) is 1.84. The van der Waals surface area contributed by atoms with Crippen molar-refractivity contribution in [2.45, 2.75) is 45.4 Å². The fraction of sp³-hybridized carbons (Fsp3) is 0.375. The molecule has 0 atom stereocenters. The topological polar surface area (TPSA) is 51.5 Å². The lowest BCUT2D eigenvalue weighted by Crippen LogP contribution is -2.25. The summed E-state index contributed by atoms with van der Waals surface area (Å²) in [5, 5.41) is 4.04. The van der Waals surface area contributed by atoms with Crippen LogP contribution in [0.25, 0.3) is 11.0 Å². The summed E-state index contributed by atoms with van der Waals surface area (Å²) in [6, 6.07) is 18.1. The fourth-order valence-electron chi connectivity index (χ4n) is 3.05. The van der Waals surface area contributed by atoms with Crippen molar-refractivity contribution in [2.24, 2.45) is 0 Å². The number of fused-ring (bicyclic) bond motifs is 1. The second-order valence-electron chi connectivity index (χ2n) is 8.08. The van der Waals surface area contributed by atoms with E-state index in [9.17, 15) is 4.79 Å². The van der Waals surface area contributed by atoms with Crippen LogP contribution in [0, 0.1) is 0 Å². The Bertz CT molecular complexity index is 870. The predicted octanol–water partition coefficient (Wildman–Crippen LogP) is 5.25. The third-order valence-corrected chi connectivity index (χ3v) is 4.71. The zero-order valence-corrected chi connectivity index (χ0v) is 17.0. The van der Waals surface area contributed by atoms with Crippen LogP contribution >= 0.6 is 0 Å². The minimum atomic E-state index is 0.0443. The molecule has 0 aliphatic carbocycles. The first-order chi connectivity index (χ1) is 13.4. The van der Waals surface area contributed by atoms with E-state index in [2.05, 4.69) is 38.2 Å². The van der Waals surface area contributed by atoms with E-state index in [1.54, 1.807) is 0 Å². The molecule has 4 nitrogen and oxygen atoms in total. The standard InChI is InChI=1S/C24H29NO3/c1-24(2,3)19-10-12-20(13-11-19)27-16-6-9-23(26)25-15-14-21-17-18-7-4-5-8-22(18)28-21/h4-5,7-8,10-13,17H,6,9,14-16H2,1-3H3,(H,25,26). The molecule has 1 heterocycles. The van der Waals surface area contributed by atoms with Crippen LogP contribution < -0.4 is 10.1 Å². The van der Waals surface area contributed by atoms with E-state index < -0.39 is 0 Å². The summed E-state index contributed by atoms with van der Waals surface area (Å²) in [5.41, 5.74) is 2.30. The first-order valence-electron chi connectivity index (χ1n) is 9.89. The lowest BCUT2D eigenvalue weighted by Gasteiger charge is -2.19. The van der Waals surface area contributed by atoms with E-state index in [1.165, 1.54) is 5.56 Å². The van der Waals surface area contributed by atoms with Crippen molar-refractivity contribution in [2.75, 3.05) is 13.2 Å². The number of ether oxygens (including phenoxy) is 1. The third kappa shape index (κ3) is 5.62. The molecule has 4 heteroatoms. The van der Waals surface area contributed by atoms with Gasteiger partial charge in [-0.25, -0.2) is 0 Å². The minimum absolute atomic E-state index is 0.0443. The number of para-hydroxylation sites is 1. The molecule has 148 valence electrons. The van der Waals surface area contributed by atoms with Crippen molar-refractivity contribution in [3.8, 4) is 5.75 Å². The Labute approximate surface area is 166 Å². The second kappa shape index (κ2) is 8.96. The first kappa shape index (κ1) is 20.0. The van der Waals surface area contributed by atoms with E-state index in [0.717, 1.165) is 22.5 Å². The molecule has 0 aliphatic rings. The van der Waals surface area contributed by atoms with E-state index in [4.69, 9.17) is 9.15 Å². The van der Waals surface area contributed by atoms with Crippen LogP contribution in [0.4, 0.5) is 0 Å². The molecule has 1 amide bonds. The van der Waals surface area contributed by atoms with E-state index in [1.807, 2.05) is 42.5 Å². The van der Waals surface area contributed by atoms with Crippen molar-refractivity contribution in [3.63, 3.8) is 0 Å². The van der Waals surface area contributed by atoms with Crippen LogP contribution in [-0.2, 0) is 16.6 Å². The van der Waals surface area contributed by atoms with Gasteiger partial charge in [0.15, 0.2) is 0 Å². The zero-order valence-electron chi connectivity index (χ0n) is 17.0. The van der Waals surface area contributed by atoms with Gasteiger partial charge < -0.3 is 14.5 Å². The molecule has 3 rings (SSSR count). The fourth-order valence-corrected chi connectivity index (χ4v) is 3.05. The van der Waals surface area contributed by atoms with Gasteiger partial charge in [0.25, 0.3) is 0 Å². The SMILES string of the molecule is CC(C)(C)c1ccc(OCCCC(=O)NCCc2cc3ccccc3o2)cc1. The lowest BCUT2D eigenvalue weighted by atomic mass is 9.87. The van der Waals surface area contributed by atoms with Crippen molar-refractivity contribution in [1.82, 2.24) is 5.32 Å². The number of furan rings is 1. The maximum absolute atomic E-state index is 12.0. The van der Waals surface area contributed by atoms with Gasteiger partial charge in [-0.15, -0.1) is 0 Å². The van der Waals surface area contributed by atoms with E-state index in [0.29, 0.717) is 32.4 Å². The highest BCUT2D eigenvalue weighted by Crippen LogP contribution is 2.24. The first-order valence-corrected chi connectivity index (χ1v) is 9.89. The molecule has 3 aromatic rings. The number of carbonyl (C=O) groups is 1. The van der Waals surface area contributed by atoms with Crippen LogP contribution in [0.1, 0.15) is 44.9 Å². The maximum Gasteiger partial charge on any atom is 0.220 e. The molecular weight excluding hydrogens is 350 g/mol. The van der Waals surface area contributed by atoms with Crippen molar-refractivity contribution in [3.05, 3.63) is 65.9 Å². The van der Waals surface area contributed by atoms with Crippen molar-refractivity contribution < 1.29 is 13.9 Å². The molecule has 0 fully saturated rings. The van der Waals surface area contributed by atoms with Gasteiger partial charge in [-0.05, 0) is 41.7 Å². The minimum Gasteiger partial charge on any atom is -0.494 e. The molecule has 28 heavy (non-hydrogen) atoms. The number of nitrogens with one attached hydrogen (secondary N) is 1. The van der Waals surface area contributed by atoms with Crippen LogP contribution in [0.3, 0.4) is 0 Å². The smallest absolute Gasteiger partial charge is 0.220 e. The molecule has 1 N–H and O–H groups in total. The predicted molar refractivity (Wildman–Crippen MR) is 113 cm³/mol. The average Bonchev–Trinajstić information content (AvgIpc) is 3.08. The number of hydrogen-bond donors (Lipinski definition) is 1. The molecule has 0 saturated heterocycles. The Morgan fingerprint density at radius 3 is 2.54 bits per heavy atom. The molecule has 1 aromatic heterocycles. The van der Waals surface area contributed by atoms with Crippen LogP contribution in [0.5, 0.6) is 5.75 Å². The molecule has 0 radical (unpaired) electrons. The highest BCUT2D eigenvalue weighted by molar-refractivity contribution is 5.78. The number of hydrogen-bond acceptors (Lipinski definition) is 3. The van der Waals surface area contributed by atoms with Gasteiger partial charge >= 0.3 is 0 Å². The van der Waals surface area contributed by atoms with Crippen molar-refractivity contribution >= 4 is 16.9 Å². The van der Waals surface area contributed by atoms with E-state index >= 15 is 0 Å². The van der Waals surface area contributed by atoms with Gasteiger partial charge in [0.2, 0.25) is 5.91 Å². The van der Waals surface area contributed by atoms with Crippen molar-refractivity contribution in [1.29, 1.82) is 0 Å². The van der Waals surface area contributed by atoms with Gasteiger partial charge in [0.1, 0.15) is 17.1 Å². The summed E-state index contributed by atoms with van der Waals surface area (Å²) < 4.78 is 11.5. The summed E-state index contributed by atoms with van der Waals surface area (Å²) in [4.78, 5) is 12.0. The van der Waals surface area contributed by atoms with Gasteiger partial charge in [-0.3, -0.25) is 4.79 Å². The van der Waals surface area contributed by atoms with Crippen LogP contribution in [-0.4, -0.2) is 19.1 Å². The quantitative estimate of drug-likeness (QED) is 0.544. The normalized spacial score (nSPS) is 11.5. The highest BCUT2D eigenvalue weighted by atomic mass is 16.5. The summed E-state index contributed by atoms with van der Waals surface area (Å²) >= 11 is 0. The molecule has 0 unspecified atom stereocenters. The monoisotopic (exact) mass is 379 g/mol. The molecular formula is C24H29NO3. The van der Waals surface area contributed by atoms with E-state index in [-0.39, 0.29) is 11.3 Å². The number of rotatable bonds is 8.